The number of nitrogens with two attached hydrogens (primary N) is 1. The van der Waals surface area contributed by atoms with Crippen LogP contribution < -0.4 is 5.73 Å². The quantitative estimate of drug-likeness (QED) is 0.784. The minimum Gasteiger partial charge on any atom is -0.378 e. The molecule has 0 aromatic heterocycles. The second kappa shape index (κ2) is 6.36. The van der Waals surface area contributed by atoms with E-state index in [2.05, 4.69) is 4.90 Å². The molecule has 2 saturated heterocycles. The van der Waals surface area contributed by atoms with Gasteiger partial charge in [-0.2, -0.15) is 0 Å². The maximum atomic E-state index is 11.2. The Balaban J connectivity index is 1.62. The fourth-order valence-electron chi connectivity index (χ4n) is 2.91. The highest BCUT2D eigenvalue weighted by atomic mass is 16.5. The Labute approximate surface area is 103 Å². The van der Waals surface area contributed by atoms with Crippen molar-refractivity contribution in [2.45, 2.75) is 44.6 Å². The molecule has 4 heteroatoms. The van der Waals surface area contributed by atoms with Crippen LogP contribution in [0.25, 0.3) is 0 Å². The summed E-state index contributed by atoms with van der Waals surface area (Å²) in [6, 6.07) is 0. The molecule has 0 aliphatic carbocycles. The zero-order valence-corrected chi connectivity index (χ0v) is 10.6. The first-order valence-corrected chi connectivity index (χ1v) is 6.89. The highest BCUT2D eigenvalue weighted by molar-refractivity contribution is 5.76. The van der Waals surface area contributed by atoms with Crippen LogP contribution in [0.1, 0.15) is 38.5 Å². The first kappa shape index (κ1) is 12.8. The van der Waals surface area contributed by atoms with Gasteiger partial charge in [0.1, 0.15) is 0 Å². The van der Waals surface area contributed by atoms with Crippen LogP contribution in [0.5, 0.6) is 0 Å². The minimum absolute atomic E-state index is 0.0754. The molecule has 0 aromatic carbocycles. The lowest BCUT2D eigenvalue weighted by atomic mass is 9.97. The number of amides is 1. The van der Waals surface area contributed by atoms with E-state index >= 15 is 0 Å². The van der Waals surface area contributed by atoms with Crippen LogP contribution in [-0.2, 0) is 9.53 Å². The van der Waals surface area contributed by atoms with Crippen molar-refractivity contribution in [1.82, 2.24) is 4.90 Å². The number of hydrogen-bond acceptors (Lipinski definition) is 3. The Morgan fingerprint density at radius 1 is 1.35 bits per heavy atom. The topological polar surface area (TPSA) is 55.6 Å². The van der Waals surface area contributed by atoms with Gasteiger partial charge in [-0.1, -0.05) is 0 Å². The van der Waals surface area contributed by atoms with Gasteiger partial charge in [0.25, 0.3) is 0 Å². The SMILES string of the molecule is NC(=O)[C@H]1CCCN(CCC[C@H]2CCCO2)C1. The number of hydrogen-bond donors (Lipinski definition) is 1. The van der Waals surface area contributed by atoms with Crippen molar-refractivity contribution in [2.75, 3.05) is 26.2 Å². The van der Waals surface area contributed by atoms with E-state index < -0.39 is 0 Å². The molecule has 2 atom stereocenters. The van der Waals surface area contributed by atoms with Crippen LogP contribution in [0.15, 0.2) is 0 Å². The highest BCUT2D eigenvalue weighted by Crippen LogP contribution is 2.19. The Bertz CT molecular complexity index is 252. The summed E-state index contributed by atoms with van der Waals surface area (Å²) in [5.41, 5.74) is 5.37. The number of primary amides is 1. The fourth-order valence-corrected chi connectivity index (χ4v) is 2.91. The summed E-state index contributed by atoms with van der Waals surface area (Å²) in [4.78, 5) is 13.5. The summed E-state index contributed by atoms with van der Waals surface area (Å²) in [6.45, 7) is 4.01. The number of rotatable bonds is 5. The van der Waals surface area contributed by atoms with Crippen LogP contribution in [0.4, 0.5) is 0 Å². The third-order valence-electron chi connectivity index (χ3n) is 3.93. The predicted molar refractivity (Wildman–Crippen MR) is 66.6 cm³/mol. The van der Waals surface area contributed by atoms with E-state index in [1.165, 1.54) is 19.3 Å². The summed E-state index contributed by atoms with van der Waals surface area (Å²) in [5.74, 6) is -0.0553. The summed E-state index contributed by atoms with van der Waals surface area (Å²) >= 11 is 0. The molecule has 2 rings (SSSR count). The van der Waals surface area contributed by atoms with Crippen LogP contribution >= 0.6 is 0 Å². The van der Waals surface area contributed by atoms with Gasteiger partial charge in [0, 0.05) is 13.2 Å². The second-order valence-electron chi connectivity index (χ2n) is 5.32. The van der Waals surface area contributed by atoms with Crippen molar-refractivity contribution in [3.63, 3.8) is 0 Å². The van der Waals surface area contributed by atoms with Crippen molar-refractivity contribution < 1.29 is 9.53 Å². The molecule has 0 bridgehead atoms. The molecule has 2 aliphatic heterocycles. The van der Waals surface area contributed by atoms with Crippen molar-refractivity contribution in [2.24, 2.45) is 11.7 Å². The third-order valence-corrected chi connectivity index (χ3v) is 3.93. The Morgan fingerprint density at radius 3 is 2.94 bits per heavy atom. The standard InChI is InChI=1S/C13H24N2O2/c14-13(16)11-4-1-7-15(10-11)8-2-5-12-6-3-9-17-12/h11-12H,1-10H2,(H2,14,16)/t11-,12-/m0/s1. The highest BCUT2D eigenvalue weighted by Gasteiger charge is 2.24. The van der Waals surface area contributed by atoms with E-state index in [9.17, 15) is 4.79 Å². The zero-order valence-electron chi connectivity index (χ0n) is 10.6. The number of carbonyl (C=O) groups excluding carboxylic acids is 1. The van der Waals surface area contributed by atoms with Crippen LogP contribution in [-0.4, -0.2) is 43.2 Å². The molecule has 1 amide bonds. The Morgan fingerprint density at radius 2 is 2.24 bits per heavy atom. The van der Waals surface area contributed by atoms with Crippen LogP contribution in [0.3, 0.4) is 0 Å². The van der Waals surface area contributed by atoms with Gasteiger partial charge in [0.2, 0.25) is 5.91 Å². The third kappa shape index (κ3) is 3.96. The molecule has 2 fully saturated rings. The summed E-state index contributed by atoms with van der Waals surface area (Å²) in [6.07, 6.45) is 7.35. The summed E-state index contributed by atoms with van der Waals surface area (Å²) in [7, 11) is 0. The molecule has 2 heterocycles. The largest absolute Gasteiger partial charge is 0.378 e. The molecular formula is C13H24N2O2. The summed E-state index contributed by atoms with van der Waals surface area (Å²) in [5, 5.41) is 0. The Hall–Kier alpha value is -0.610. The molecule has 17 heavy (non-hydrogen) atoms. The van der Waals surface area contributed by atoms with Crippen molar-refractivity contribution in [3.8, 4) is 0 Å². The van der Waals surface area contributed by atoms with E-state index in [0.29, 0.717) is 6.10 Å². The van der Waals surface area contributed by atoms with E-state index in [0.717, 1.165) is 45.5 Å². The van der Waals surface area contributed by atoms with E-state index in [1.54, 1.807) is 0 Å². The van der Waals surface area contributed by atoms with Crippen molar-refractivity contribution in [1.29, 1.82) is 0 Å². The normalized spacial score (nSPS) is 30.6. The zero-order chi connectivity index (χ0) is 12.1. The van der Waals surface area contributed by atoms with Gasteiger partial charge in [-0.3, -0.25) is 4.79 Å². The van der Waals surface area contributed by atoms with Gasteiger partial charge < -0.3 is 15.4 Å². The summed E-state index contributed by atoms with van der Waals surface area (Å²) < 4.78 is 5.61. The number of nitrogens with zero attached hydrogens (tertiary/aromatic N) is 1. The molecule has 2 N–H and O–H groups in total. The maximum Gasteiger partial charge on any atom is 0.221 e. The smallest absolute Gasteiger partial charge is 0.221 e. The number of piperidine rings is 1. The second-order valence-corrected chi connectivity index (χ2v) is 5.32. The molecule has 0 aromatic rings. The van der Waals surface area contributed by atoms with Gasteiger partial charge in [-0.05, 0) is 51.6 Å². The number of likely N-dealkylation sites (tertiary alicyclic amines) is 1. The average molecular weight is 240 g/mol. The molecule has 2 aliphatic rings. The minimum atomic E-state index is -0.131. The first-order valence-electron chi connectivity index (χ1n) is 6.89. The van der Waals surface area contributed by atoms with E-state index in [-0.39, 0.29) is 11.8 Å². The van der Waals surface area contributed by atoms with Gasteiger partial charge in [-0.25, -0.2) is 0 Å². The maximum absolute atomic E-state index is 11.2. The first-order chi connectivity index (χ1) is 8.25. The lowest BCUT2D eigenvalue weighted by Gasteiger charge is -2.31. The Kier molecular flexibility index (Phi) is 4.80. The van der Waals surface area contributed by atoms with E-state index in [1.807, 2.05) is 0 Å². The fraction of sp³-hybridized carbons (Fsp3) is 0.923. The van der Waals surface area contributed by atoms with Crippen LogP contribution in [0, 0.1) is 5.92 Å². The molecule has 4 nitrogen and oxygen atoms in total. The average Bonchev–Trinajstić information content (AvgIpc) is 2.82. The lowest BCUT2D eigenvalue weighted by Crippen LogP contribution is -2.41. The van der Waals surface area contributed by atoms with Gasteiger partial charge in [-0.15, -0.1) is 0 Å². The number of carbonyl (C=O) groups is 1. The monoisotopic (exact) mass is 240 g/mol. The van der Waals surface area contributed by atoms with Crippen molar-refractivity contribution in [3.05, 3.63) is 0 Å². The van der Waals surface area contributed by atoms with Crippen LogP contribution in [0.2, 0.25) is 0 Å². The molecule has 0 unspecified atom stereocenters. The molecular weight excluding hydrogens is 216 g/mol. The van der Waals surface area contributed by atoms with Crippen molar-refractivity contribution >= 4 is 5.91 Å². The molecule has 0 radical (unpaired) electrons. The molecule has 0 saturated carbocycles. The van der Waals surface area contributed by atoms with Gasteiger partial charge >= 0.3 is 0 Å². The number of ether oxygens (including phenoxy) is 1. The lowest BCUT2D eigenvalue weighted by molar-refractivity contribution is -0.123. The van der Waals surface area contributed by atoms with Gasteiger partial charge in [0.05, 0.1) is 12.0 Å². The van der Waals surface area contributed by atoms with E-state index in [4.69, 9.17) is 10.5 Å². The molecule has 98 valence electrons. The van der Waals surface area contributed by atoms with Gasteiger partial charge in [0.15, 0.2) is 0 Å². The molecule has 0 spiro atoms. The predicted octanol–water partition coefficient (Wildman–Crippen LogP) is 1.14.